The Balaban J connectivity index is 1.62. The number of benzene rings is 2. The molecule has 2 aliphatic rings. The minimum absolute atomic E-state index is 0.0321. The number of nitrogens with one attached hydrogen (secondary N) is 1. The molecule has 39 heavy (non-hydrogen) atoms. The van der Waals surface area contributed by atoms with Crippen molar-refractivity contribution in [2.45, 2.75) is 58.5 Å². The molecular formula is C31H41FN4O3. The fourth-order valence-corrected chi connectivity index (χ4v) is 5.49. The largest absolute Gasteiger partial charge is 0.340 e. The molecule has 0 aromatic heterocycles. The predicted octanol–water partition coefficient (Wildman–Crippen LogP) is 3.74. The molecule has 8 heteroatoms. The molecule has 2 heterocycles. The standard InChI is InChI=1S/C31H41FN4O3/c1-31(2,3)21-28(37)35(18-14-23-8-5-4-6-9-23)26-20-27(30(39)34-17-7-15-33-16-19-34)36(22-26)29(38)24-10-12-25(32)13-11-24/h4-6,8-13,26-27,33H,7,14-22H2,1-3H3. The first kappa shape index (κ1) is 28.7. The summed E-state index contributed by atoms with van der Waals surface area (Å²) in [5.41, 5.74) is 1.27. The number of carbonyl (C=O) groups is 3. The highest BCUT2D eigenvalue weighted by Crippen LogP contribution is 2.29. The van der Waals surface area contributed by atoms with Crippen molar-refractivity contribution >= 4 is 17.7 Å². The first-order valence-corrected chi connectivity index (χ1v) is 14.0. The SMILES string of the molecule is CC(C)(C)CC(=O)N(CCc1ccccc1)C1CC(C(=O)N2CCCNCC2)N(C(=O)c2ccc(F)cc2)C1. The van der Waals surface area contributed by atoms with Crippen molar-refractivity contribution in [3.63, 3.8) is 0 Å². The average Bonchev–Trinajstić information content (AvgIpc) is 3.14. The van der Waals surface area contributed by atoms with Crippen LogP contribution in [0.15, 0.2) is 54.6 Å². The lowest BCUT2D eigenvalue weighted by Gasteiger charge is -2.32. The lowest BCUT2D eigenvalue weighted by molar-refractivity contribution is -0.137. The molecule has 0 saturated carbocycles. The van der Waals surface area contributed by atoms with Gasteiger partial charge in [0, 0.05) is 44.7 Å². The number of nitrogens with zero attached hydrogens (tertiary/aromatic N) is 3. The average molecular weight is 537 g/mol. The second-order valence-electron chi connectivity index (χ2n) is 11.9. The molecule has 2 saturated heterocycles. The van der Waals surface area contributed by atoms with Gasteiger partial charge in [-0.25, -0.2) is 4.39 Å². The van der Waals surface area contributed by atoms with Gasteiger partial charge in [-0.2, -0.15) is 0 Å². The van der Waals surface area contributed by atoms with Crippen LogP contribution in [0.25, 0.3) is 0 Å². The molecule has 2 unspecified atom stereocenters. The van der Waals surface area contributed by atoms with E-state index in [9.17, 15) is 18.8 Å². The molecule has 2 aliphatic heterocycles. The maximum Gasteiger partial charge on any atom is 0.254 e. The summed E-state index contributed by atoms with van der Waals surface area (Å²) in [6, 6.07) is 14.5. The Bertz CT molecular complexity index is 1120. The predicted molar refractivity (Wildman–Crippen MR) is 150 cm³/mol. The number of hydrogen-bond donors (Lipinski definition) is 1. The lowest BCUT2D eigenvalue weighted by Crippen LogP contribution is -2.48. The first-order chi connectivity index (χ1) is 18.6. The number of halogens is 1. The highest BCUT2D eigenvalue weighted by atomic mass is 19.1. The van der Waals surface area contributed by atoms with Crippen LogP contribution < -0.4 is 5.32 Å². The lowest BCUT2D eigenvalue weighted by atomic mass is 9.91. The second-order valence-corrected chi connectivity index (χ2v) is 11.9. The number of hydrogen-bond acceptors (Lipinski definition) is 4. The number of likely N-dealkylation sites (tertiary alicyclic amines) is 1. The van der Waals surface area contributed by atoms with Crippen molar-refractivity contribution in [1.82, 2.24) is 20.0 Å². The third-order valence-electron chi connectivity index (χ3n) is 7.49. The zero-order valence-electron chi connectivity index (χ0n) is 23.4. The van der Waals surface area contributed by atoms with Gasteiger partial charge in [-0.05, 0) is 61.1 Å². The minimum Gasteiger partial charge on any atom is -0.340 e. The highest BCUT2D eigenvalue weighted by Gasteiger charge is 2.44. The van der Waals surface area contributed by atoms with Gasteiger partial charge in [-0.3, -0.25) is 14.4 Å². The maximum atomic E-state index is 13.8. The maximum absolute atomic E-state index is 13.8. The molecular weight excluding hydrogens is 495 g/mol. The van der Waals surface area contributed by atoms with E-state index in [2.05, 4.69) is 5.32 Å². The van der Waals surface area contributed by atoms with Crippen LogP contribution in [0.1, 0.15) is 56.0 Å². The van der Waals surface area contributed by atoms with E-state index in [1.807, 2.05) is 60.9 Å². The van der Waals surface area contributed by atoms with Gasteiger partial charge < -0.3 is 20.0 Å². The van der Waals surface area contributed by atoms with E-state index >= 15 is 0 Å². The molecule has 0 radical (unpaired) electrons. The van der Waals surface area contributed by atoms with Gasteiger partial charge in [0.05, 0.1) is 6.04 Å². The molecule has 0 bridgehead atoms. The second kappa shape index (κ2) is 12.7. The Hall–Kier alpha value is -3.26. The van der Waals surface area contributed by atoms with Gasteiger partial charge in [0.2, 0.25) is 11.8 Å². The van der Waals surface area contributed by atoms with Crippen molar-refractivity contribution in [3.05, 3.63) is 71.5 Å². The molecule has 1 N–H and O–H groups in total. The Morgan fingerprint density at radius 3 is 2.41 bits per heavy atom. The molecule has 2 fully saturated rings. The third-order valence-corrected chi connectivity index (χ3v) is 7.49. The molecule has 0 spiro atoms. The normalized spacial score (nSPS) is 20.0. The molecule has 7 nitrogen and oxygen atoms in total. The summed E-state index contributed by atoms with van der Waals surface area (Å²) in [6.07, 6.45) is 2.30. The van der Waals surface area contributed by atoms with Gasteiger partial charge in [0.25, 0.3) is 5.91 Å². The van der Waals surface area contributed by atoms with E-state index in [1.165, 1.54) is 24.3 Å². The Morgan fingerprint density at radius 2 is 1.72 bits per heavy atom. The number of carbonyl (C=O) groups excluding carboxylic acids is 3. The molecule has 3 amide bonds. The van der Waals surface area contributed by atoms with Gasteiger partial charge in [-0.15, -0.1) is 0 Å². The van der Waals surface area contributed by atoms with Gasteiger partial charge in [0.1, 0.15) is 11.9 Å². The van der Waals surface area contributed by atoms with E-state index in [-0.39, 0.29) is 35.7 Å². The van der Waals surface area contributed by atoms with Crippen molar-refractivity contribution in [2.75, 3.05) is 39.3 Å². The van der Waals surface area contributed by atoms with Crippen LogP contribution in [0.2, 0.25) is 0 Å². The van der Waals surface area contributed by atoms with Crippen molar-refractivity contribution in [3.8, 4) is 0 Å². The highest BCUT2D eigenvalue weighted by molar-refractivity contribution is 5.98. The summed E-state index contributed by atoms with van der Waals surface area (Å²) >= 11 is 0. The quantitative estimate of drug-likeness (QED) is 0.585. The number of rotatable bonds is 7. The summed E-state index contributed by atoms with van der Waals surface area (Å²) in [4.78, 5) is 46.5. The van der Waals surface area contributed by atoms with Crippen molar-refractivity contribution in [1.29, 1.82) is 0 Å². The number of amides is 3. The minimum atomic E-state index is -0.674. The Morgan fingerprint density at radius 1 is 1.00 bits per heavy atom. The first-order valence-electron chi connectivity index (χ1n) is 14.0. The van der Waals surface area contributed by atoms with Crippen LogP contribution in [0.3, 0.4) is 0 Å². The van der Waals surface area contributed by atoms with Crippen LogP contribution in [-0.4, -0.2) is 83.8 Å². The smallest absolute Gasteiger partial charge is 0.254 e. The van der Waals surface area contributed by atoms with E-state index < -0.39 is 11.9 Å². The summed E-state index contributed by atoms with van der Waals surface area (Å²) in [6.45, 7) is 9.67. The summed E-state index contributed by atoms with van der Waals surface area (Å²) in [5, 5.41) is 3.32. The van der Waals surface area contributed by atoms with E-state index in [1.54, 1.807) is 4.90 Å². The van der Waals surface area contributed by atoms with Crippen molar-refractivity contribution in [2.24, 2.45) is 5.41 Å². The molecule has 4 rings (SSSR count). The molecule has 2 aromatic rings. The van der Waals surface area contributed by atoms with E-state index in [0.29, 0.717) is 51.0 Å². The fourth-order valence-electron chi connectivity index (χ4n) is 5.49. The Labute approximate surface area is 231 Å². The van der Waals surface area contributed by atoms with Crippen LogP contribution in [0.4, 0.5) is 4.39 Å². The Kier molecular flexibility index (Phi) is 9.38. The van der Waals surface area contributed by atoms with Gasteiger partial charge in [-0.1, -0.05) is 51.1 Å². The monoisotopic (exact) mass is 536 g/mol. The summed E-state index contributed by atoms with van der Waals surface area (Å²) in [5.74, 6) is -0.780. The fraction of sp³-hybridized carbons (Fsp3) is 0.516. The summed E-state index contributed by atoms with van der Waals surface area (Å²) < 4.78 is 13.6. The van der Waals surface area contributed by atoms with Crippen LogP contribution in [0, 0.1) is 11.2 Å². The molecule has 2 atom stereocenters. The van der Waals surface area contributed by atoms with Crippen LogP contribution in [0.5, 0.6) is 0 Å². The van der Waals surface area contributed by atoms with E-state index in [4.69, 9.17) is 0 Å². The third kappa shape index (κ3) is 7.66. The van der Waals surface area contributed by atoms with Crippen molar-refractivity contribution < 1.29 is 18.8 Å². The molecule has 210 valence electrons. The topological polar surface area (TPSA) is 73.0 Å². The van der Waals surface area contributed by atoms with Crippen LogP contribution >= 0.6 is 0 Å². The van der Waals surface area contributed by atoms with Crippen LogP contribution in [-0.2, 0) is 16.0 Å². The van der Waals surface area contributed by atoms with E-state index in [0.717, 1.165) is 18.5 Å². The molecule has 0 aliphatic carbocycles. The zero-order valence-corrected chi connectivity index (χ0v) is 23.4. The molecule has 2 aromatic carbocycles. The summed E-state index contributed by atoms with van der Waals surface area (Å²) in [7, 11) is 0. The zero-order chi connectivity index (χ0) is 28.0. The van der Waals surface area contributed by atoms with Gasteiger partial charge in [0.15, 0.2) is 0 Å². The van der Waals surface area contributed by atoms with Gasteiger partial charge >= 0.3 is 0 Å².